The van der Waals surface area contributed by atoms with Crippen LogP contribution >= 0.6 is 11.3 Å². The van der Waals surface area contributed by atoms with Gasteiger partial charge in [0.15, 0.2) is 5.82 Å². The van der Waals surface area contributed by atoms with Gasteiger partial charge in [-0.1, -0.05) is 17.8 Å². The number of likely N-dealkylation sites (tertiary alicyclic amines) is 1. The summed E-state index contributed by atoms with van der Waals surface area (Å²) in [7, 11) is 0. The minimum atomic E-state index is -0.402. The third-order valence-electron chi connectivity index (χ3n) is 4.48. The maximum atomic E-state index is 10.8. The number of fused-ring (bicyclic) bond motifs is 1. The summed E-state index contributed by atoms with van der Waals surface area (Å²) in [5.74, 6) is 0.866. The van der Waals surface area contributed by atoms with E-state index in [9.17, 15) is 10.1 Å². The third-order valence-corrected chi connectivity index (χ3v) is 5.43. The number of hydrogen-bond acceptors (Lipinski definition) is 7. The number of nitro benzene ring substituents is 1. The van der Waals surface area contributed by atoms with E-state index in [1.807, 2.05) is 0 Å². The monoisotopic (exact) mass is 358 g/mol. The molecule has 0 saturated carbocycles. The molecule has 1 aliphatic rings. The summed E-state index contributed by atoms with van der Waals surface area (Å²) in [6.07, 6.45) is 4.70. The number of aromatic nitrogens is 4. The second-order valence-corrected chi connectivity index (χ2v) is 7.13. The Balaban J connectivity index is 1.52. The first kappa shape index (κ1) is 16.1. The SMILES string of the molecule is O=[N+]([O-])c1ccc(-c2nn3c(CCN4CCCCC4)nnc3s2)cc1. The van der Waals surface area contributed by atoms with Gasteiger partial charge in [-0.3, -0.25) is 10.1 Å². The Bertz CT molecular complexity index is 882. The fourth-order valence-corrected chi connectivity index (χ4v) is 3.96. The third kappa shape index (κ3) is 3.38. The first-order valence-corrected chi connectivity index (χ1v) is 9.21. The van der Waals surface area contributed by atoms with Gasteiger partial charge in [-0.15, -0.1) is 10.2 Å². The van der Waals surface area contributed by atoms with E-state index in [1.54, 1.807) is 16.6 Å². The molecule has 3 aromatic rings. The van der Waals surface area contributed by atoms with Gasteiger partial charge in [-0.2, -0.15) is 9.61 Å². The predicted molar refractivity (Wildman–Crippen MR) is 94.7 cm³/mol. The Kier molecular flexibility index (Phi) is 4.41. The van der Waals surface area contributed by atoms with Crippen LogP contribution in [-0.2, 0) is 6.42 Å². The summed E-state index contributed by atoms with van der Waals surface area (Å²) >= 11 is 1.44. The number of piperidine rings is 1. The molecule has 4 rings (SSSR count). The summed E-state index contributed by atoms with van der Waals surface area (Å²) in [6.45, 7) is 3.30. The van der Waals surface area contributed by atoms with E-state index in [1.165, 1.54) is 42.7 Å². The molecular weight excluding hydrogens is 340 g/mol. The zero-order valence-corrected chi connectivity index (χ0v) is 14.5. The van der Waals surface area contributed by atoms with Crippen LogP contribution < -0.4 is 0 Å². The molecule has 25 heavy (non-hydrogen) atoms. The molecule has 0 unspecified atom stereocenters. The molecule has 130 valence electrons. The predicted octanol–water partition coefficient (Wildman–Crippen LogP) is 2.79. The highest BCUT2D eigenvalue weighted by Crippen LogP contribution is 2.27. The van der Waals surface area contributed by atoms with Crippen molar-refractivity contribution in [2.45, 2.75) is 25.7 Å². The lowest BCUT2D eigenvalue weighted by atomic mass is 10.1. The van der Waals surface area contributed by atoms with Gasteiger partial charge in [-0.05, 0) is 38.1 Å². The first-order valence-electron chi connectivity index (χ1n) is 8.39. The zero-order valence-electron chi connectivity index (χ0n) is 13.7. The summed E-state index contributed by atoms with van der Waals surface area (Å²) in [5, 5.41) is 24.6. The van der Waals surface area contributed by atoms with Gasteiger partial charge in [0, 0.05) is 30.7 Å². The highest BCUT2D eigenvalue weighted by atomic mass is 32.1. The molecule has 8 nitrogen and oxygen atoms in total. The van der Waals surface area contributed by atoms with Crippen molar-refractivity contribution in [3.05, 3.63) is 40.2 Å². The van der Waals surface area contributed by atoms with Crippen molar-refractivity contribution in [3.8, 4) is 10.6 Å². The fourth-order valence-electron chi connectivity index (χ4n) is 3.10. The van der Waals surface area contributed by atoms with Gasteiger partial charge >= 0.3 is 0 Å². The topological polar surface area (TPSA) is 89.5 Å². The van der Waals surface area contributed by atoms with Crippen LogP contribution in [0.25, 0.3) is 15.5 Å². The standard InChI is InChI=1S/C16H18N6O2S/c23-22(24)13-6-4-12(5-7-13)15-19-21-14(17-18-16(21)25-15)8-11-20-9-2-1-3-10-20/h4-7H,1-3,8-11H2. The van der Waals surface area contributed by atoms with Crippen molar-refractivity contribution in [3.63, 3.8) is 0 Å². The summed E-state index contributed by atoms with van der Waals surface area (Å²) < 4.78 is 1.80. The lowest BCUT2D eigenvalue weighted by Crippen LogP contribution is -2.31. The molecule has 0 radical (unpaired) electrons. The van der Waals surface area contributed by atoms with E-state index in [2.05, 4.69) is 20.2 Å². The molecule has 0 spiro atoms. The molecule has 1 aromatic carbocycles. The van der Waals surface area contributed by atoms with Crippen molar-refractivity contribution in [1.29, 1.82) is 0 Å². The molecule has 0 amide bonds. The van der Waals surface area contributed by atoms with Gasteiger partial charge in [0.2, 0.25) is 4.96 Å². The lowest BCUT2D eigenvalue weighted by Gasteiger charge is -2.25. The summed E-state index contributed by atoms with van der Waals surface area (Å²) in [5.41, 5.74) is 0.928. The Morgan fingerprint density at radius 2 is 1.88 bits per heavy atom. The van der Waals surface area contributed by atoms with Gasteiger partial charge < -0.3 is 4.90 Å². The van der Waals surface area contributed by atoms with Crippen molar-refractivity contribution < 1.29 is 4.92 Å². The number of nitro groups is 1. The second-order valence-electron chi connectivity index (χ2n) is 6.17. The van der Waals surface area contributed by atoms with Gasteiger partial charge in [0.1, 0.15) is 5.01 Å². The molecule has 3 heterocycles. The van der Waals surface area contributed by atoms with E-state index in [0.29, 0.717) is 0 Å². The van der Waals surface area contributed by atoms with Crippen molar-refractivity contribution in [2.24, 2.45) is 0 Å². The van der Waals surface area contributed by atoms with Gasteiger partial charge in [0.05, 0.1) is 4.92 Å². The lowest BCUT2D eigenvalue weighted by molar-refractivity contribution is -0.384. The minimum absolute atomic E-state index is 0.0778. The maximum absolute atomic E-state index is 10.8. The first-order chi connectivity index (χ1) is 12.2. The van der Waals surface area contributed by atoms with Crippen LogP contribution in [0.2, 0.25) is 0 Å². The molecule has 9 heteroatoms. The van der Waals surface area contributed by atoms with E-state index in [0.717, 1.165) is 47.4 Å². The fraction of sp³-hybridized carbons (Fsp3) is 0.438. The molecule has 1 fully saturated rings. The van der Waals surface area contributed by atoms with Crippen LogP contribution in [0.3, 0.4) is 0 Å². The highest BCUT2D eigenvalue weighted by Gasteiger charge is 2.16. The van der Waals surface area contributed by atoms with Crippen LogP contribution in [-0.4, -0.2) is 49.3 Å². The largest absolute Gasteiger partial charge is 0.303 e. The average molecular weight is 358 g/mol. The zero-order chi connectivity index (χ0) is 17.2. The van der Waals surface area contributed by atoms with E-state index < -0.39 is 4.92 Å². The van der Waals surface area contributed by atoms with Crippen molar-refractivity contribution in [2.75, 3.05) is 19.6 Å². The minimum Gasteiger partial charge on any atom is -0.303 e. The van der Waals surface area contributed by atoms with E-state index in [4.69, 9.17) is 0 Å². The highest BCUT2D eigenvalue weighted by molar-refractivity contribution is 7.19. The van der Waals surface area contributed by atoms with Crippen LogP contribution in [0.4, 0.5) is 5.69 Å². The van der Waals surface area contributed by atoms with Crippen molar-refractivity contribution in [1.82, 2.24) is 24.7 Å². The van der Waals surface area contributed by atoms with Gasteiger partial charge in [0.25, 0.3) is 5.69 Å². The van der Waals surface area contributed by atoms with Gasteiger partial charge in [-0.25, -0.2) is 0 Å². The number of hydrogen-bond donors (Lipinski definition) is 0. The Hall–Kier alpha value is -2.39. The number of non-ortho nitro benzene ring substituents is 1. The maximum Gasteiger partial charge on any atom is 0.269 e. The molecular formula is C16H18N6O2S. The number of nitrogens with zero attached hydrogens (tertiary/aromatic N) is 6. The number of benzene rings is 1. The second kappa shape index (κ2) is 6.85. The Morgan fingerprint density at radius 3 is 2.60 bits per heavy atom. The molecule has 1 aliphatic heterocycles. The molecule has 0 bridgehead atoms. The number of rotatable bonds is 5. The Morgan fingerprint density at radius 1 is 1.12 bits per heavy atom. The van der Waals surface area contributed by atoms with Crippen LogP contribution in [0.5, 0.6) is 0 Å². The smallest absolute Gasteiger partial charge is 0.269 e. The van der Waals surface area contributed by atoms with Crippen LogP contribution in [0, 0.1) is 10.1 Å². The molecule has 1 saturated heterocycles. The molecule has 0 atom stereocenters. The van der Waals surface area contributed by atoms with Crippen LogP contribution in [0.1, 0.15) is 25.1 Å². The quantitative estimate of drug-likeness (QED) is 0.515. The molecule has 0 N–H and O–H groups in total. The van der Waals surface area contributed by atoms with E-state index in [-0.39, 0.29) is 5.69 Å². The summed E-state index contributed by atoms with van der Waals surface area (Å²) in [4.78, 5) is 13.6. The van der Waals surface area contributed by atoms with E-state index >= 15 is 0 Å². The van der Waals surface area contributed by atoms with Crippen molar-refractivity contribution >= 4 is 22.0 Å². The molecule has 2 aromatic heterocycles. The molecule has 0 aliphatic carbocycles. The summed E-state index contributed by atoms with van der Waals surface area (Å²) in [6, 6.07) is 6.43. The average Bonchev–Trinajstić information content (AvgIpc) is 3.22. The normalized spacial score (nSPS) is 15.7. The Labute approximate surface area is 148 Å². The van der Waals surface area contributed by atoms with Crippen LogP contribution in [0.15, 0.2) is 24.3 Å².